The number of rotatable bonds is 6. The first-order chi connectivity index (χ1) is 13.7. The number of nitrogens with one attached hydrogen (secondary N) is 2. The monoisotopic (exact) mass is 418 g/mol. The minimum Gasteiger partial charge on any atom is -0.388 e. The maximum atomic E-state index is 12.8. The van der Waals surface area contributed by atoms with Crippen molar-refractivity contribution in [2.45, 2.75) is 39.7 Å². The van der Waals surface area contributed by atoms with E-state index in [1.165, 1.54) is 32.9 Å². The van der Waals surface area contributed by atoms with E-state index in [9.17, 15) is 24.0 Å². The lowest BCUT2D eigenvalue weighted by Gasteiger charge is -2.12. The van der Waals surface area contributed by atoms with Gasteiger partial charge in [-0.15, -0.1) is 0 Å². The van der Waals surface area contributed by atoms with E-state index in [0.29, 0.717) is 30.4 Å². The molecule has 0 radical (unpaired) electrons. The zero-order valence-corrected chi connectivity index (χ0v) is 17.2. The molecule has 1 atom stereocenters. The molecule has 0 spiro atoms. The van der Waals surface area contributed by atoms with Crippen molar-refractivity contribution in [3.8, 4) is 0 Å². The van der Waals surface area contributed by atoms with Crippen LogP contribution in [0.1, 0.15) is 44.0 Å². The molecule has 9 heteroatoms. The van der Waals surface area contributed by atoms with Gasteiger partial charge in [0, 0.05) is 30.7 Å². The van der Waals surface area contributed by atoms with Gasteiger partial charge in [-0.05, 0) is 62.3 Å². The smallest absolute Gasteiger partial charge is 0.353 e. The van der Waals surface area contributed by atoms with Crippen molar-refractivity contribution in [2.24, 2.45) is 0 Å². The summed E-state index contributed by atoms with van der Waals surface area (Å²) in [6, 6.07) is 5.51. The summed E-state index contributed by atoms with van der Waals surface area (Å²) in [7, 11) is 0. The van der Waals surface area contributed by atoms with Gasteiger partial charge in [0.2, 0.25) is 5.91 Å². The molecule has 29 heavy (non-hydrogen) atoms. The Morgan fingerprint density at radius 1 is 1.07 bits per heavy atom. The predicted molar refractivity (Wildman–Crippen MR) is 108 cm³/mol. The van der Waals surface area contributed by atoms with Crippen molar-refractivity contribution in [1.29, 1.82) is 0 Å². The Balaban J connectivity index is 2.23. The molecule has 1 aromatic rings. The lowest BCUT2D eigenvalue weighted by atomic mass is 10.0. The molecule has 8 nitrogen and oxygen atoms in total. The highest BCUT2D eigenvalue weighted by molar-refractivity contribution is 8.17. The quantitative estimate of drug-likeness (QED) is 0.312. The second-order valence-corrected chi connectivity index (χ2v) is 7.68. The number of thioether (sulfide) groups is 1. The average Bonchev–Trinajstić information content (AvgIpc) is 3.20. The number of carbonyl (C=O) groups excluding carboxylic acids is 5. The Hall–Kier alpha value is -2.78. The Morgan fingerprint density at radius 3 is 2.24 bits per heavy atom. The van der Waals surface area contributed by atoms with E-state index in [1.807, 2.05) is 0 Å². The van der Waals surface area contributed by atoms with Gasteiger partial charge in [0.15, 0.2) is 10.9 Å². The van der Waals surface area contributed by atoms with Gasteiger partial charge in [0.25, 0.3) is 0 Å². The standard InChI is InChI=1S/C20H22N2O6S/c1-11(17(25)14-6-8-15(9-7-14)22-12(2)23)18(29-13(3)24)20(27)28-19(26)16-5-4-10-21-16/h6-9,16,21H,4-5,10H2,1-3H3,(H,22,23)/t16-/m0/s1. The van der Waals surface area contributed by atoms with E-state index in [2.05, 4.69) is 10.6 Å². The maximum Gasteiger partial charge on any atom is 0.353 e. The fourth-order valence-corrected chi connectivity index (χ4v) is 3.40. The molecule has 1 aromatic carbocycles. The molecule has 1 saturated heterocycles. The molecule has 2 N–H and O–H groups in total. The Bertz CT molecular complexity index is 869. The number of benzene rings is 1. The summed E-state index contributed by atoms with van der Waals surface area (Å²) in [4.78, 5) is 59.8. The van der Waals surface area contributed by atoms with Gasteiger partial charge in [-0.2, -0.15) is 0 Å². The largest absolute Gasteiger partial charge is 0.388 e. The van der Waals surface area contributed by atoms with Crippen molar-refractivity contribution >= 4 is 46.2 Å². The zero-order chi connectivity index (χ0) is 21.6. The van der Waals surface area contributed by atoms with Gasteiger partial charge >= 0.3 is 11.9 Å². The third-order valence-corrected chi connectivity index (χ3v) is 5.08. The highest BCUT2D eigenvalue weighted by Crippen LogP contribution is 2.26. The van der Waals surface area contributed by atoms with Crippen molar-refractivity contribution in [2.75, 3.05) is 11.9 Å². The third kappa shape index (κ3) is 6.37. The van der Waals surface area contributed by atoms with E-state index < -0.39 is 28.9 Å². The number of hydrogen-bond acceptors (Lipinski definition) is 8. The van der Waals surface area contributed by atoms with E-state index in [1.54, 1.807) is 12.1 Å². The van der Waals surface area contributed by atoms with E-state index in [-0.39, 0.29) is 21.9 Å². The van der Waals surface area contributed by atoms with Crippen LogP contribution >= 0.6 is 11.8 Å². The summed E-state index contributed by atoms with van der Waals surface area (Å²) in [6.07, 6.45) is 1.36. The third-order valence-electron chi connectivity index (χ3n) is 4.12. The Kier molecular flexibility index (Phi) is 7.86. The average molecular weight is 418 g/mol. The number of ether oxygens (including phenoxy) is 1. The van der Waals surface area contributed by atoms with Crippen LogP contribution in [0, 0.1) is 0 Å². The first kappa shape index (κ1) is 22.5. The van der Waals surface area contributed by atoms with Gasteiger partial charge in [-0.25, -0.2) is 9.59 Å². The fraction of sp³-hybridized carbons (Fsp3) is 0.350. The molecule has 1 fully saturated rings. The minimum absolute atomic E-state index is 0.00495. The van der Waals surface area contributed by atoms with Crippen LogP contribution in [0.3, 0.4) is 0 Å². The molecule has 1 amide bonds. The molecule has 2 rings (SSSR count). The molecule has 1 heterocycles. The van der Waals surface area contributed by atoms with Crippen LogP contribution in [0.25, 0.3) is 0 Å². The zero-order valence-electron chi connectivity index (χ0n) is 16.4. The first-order valence-electron chi connectivity index (χ1n) is 9.00. The maximum absolute atomic E-state index is 12.8. The van der Waals surface area contributed by atoms with Crippen LogP contribution in [0.5, 0.6) is 0 Å². The van der Waals surface area contributed by atoms with Gasteiger partial charge in [0.1, 0.15) is 10.9 Å². The summed E-state index contributed by atoms with van der Waals surface area (Å²) in [5, 5.41) is 5.09. The molecule has 0 bridgehead atoms. The van der Waals surface area contributed by atoms with E-state index in [0.717, 1.165) is 6.42 Å². The number of allylic oxidation sites excluding steroid dienone is 1. The normalized spacial score (nSPS) is 16.6. The van der Waals surface area contributed by atoms with Crippen molar-refractivity contribution in [3.63, 3.8) is 0 Å². The number of amides is 1. The lowest BCUT2D eigenvalue weighted by Crippen LogP contribution is -2.34. The van der Waals surface area contributed by atoms with Gasteiger partial charge in [-0.3, -0.25) is 14.4 Å². The van der Waals surface area contributed by atoms with Crippen LogP contribution < -0.4 is 10.6 Å². The molecule has 0 aromatic heterocycles. The number of ketones is 1. The van der Waals surface area contributed by atoms with Gasteiger partial charge in [-0.1, -0.05) is 0 Å². The molecular weight excluding hydrogens is 396 g/mol. The van der Waals surface area contributed by atoms with E-state index >= 15 is 0 Å². The summed E-state index contributed by atoms with van der Waals surface area (Å²) >= 11 is 0.551. The Labute approximate surface area is 172 Å². The number of Topliss-reactive ketones (excluding diaryl/α,β-unsaturated/α-hetero) is 1. The van der Waals surface area contributed by atoms with Crippen molar-refractivity contribution in [3.05, 3.63) is 40.3 Å². The van der Waals surface area contributed by atoms with Crippen LogP contribution in [0.2, 0.25) is 0 Å². The number of esters is 2. The molecule has 154 valence electrons. The molecule has 1 aliphatic rings. The van der Waals surface area contributed by atoms with Crippen LogP contribution in [-0.4, -0.2) is 41.3 Å². The minimum atomic E-state index is -1.02. The summed E-state index contributed by atoms with van der Waals surface area (Å²) in [5.74, 6) is -2.49. The Morgan fingerprint density at radius 2 is 1.72 bits per heavy atom. The van der Waals surface area contributed by atoms with Crippen molar-refractivity contribution in [1.82, 2.24) is 5.32 Å². The second kappa shape index (κ2) is 10.1. The second-order valence-electron chi connectivity index (χ2n) is 6.49. The van der Waals surface area contributed by atoms with Crippen LogP contribution in [-0.2, 0) is 23.9 Å². The van der Waals surface area contributed by atoms with Crippen molar-refractivity contribution < 1.29 is 28.7 Å². The number of anilines is 1. The summed E-state index contributed by atoms with van der Waals surface area (Å²) in [5.41, 5.74) is 0.771. The fourth-order valence-electron chi connectivity index (χ4n) is 2.74. The SMILES string of the molecule is CC(=O)Nc1ccc(C(=O)C(C)=C(SC(C)=O)C(=O)OC(=O)[C@@H]2CCCN2)cc1. The van der Waals surface area contributed by atoms with Gasteiger partial charge in [0.05, 0.1) is 0 Å². The number of carbonyl (C=O) groups is 5. The molecule has 0 saturated carbocycles. The summed E-state index contributed by atoms with van der Waals surface area (Å²) in [6.45, 7) is 4.67. The molecule has 0 unspecified atom stereocenters. The van der Waals surface area contributed by atoms with E-state index in [4.69, 9.17) is 4.74 Å². The first-order valence-corrected chi connectivity index (χ1v) is 9.81. The summed E-state index contributed by atoms with van der Waals surface area (Å²) < 4.78 is 4.90. The highest BCUT2D eigenvalue weighted by Gasteiger charge is 2.29. The lowest BCUT2D eigenvalue weighted by molar-refractivity contribution is -0.157. The molecule has 1 aliphatic heterocycles. The molecule has 0 aliphatic carbocycles. The molecular formula is C20H22N2O6S. The highest BCUT2D eigenvalue weighted by atomic mass is 32.2. The van der Waals surface area contributed by atoms with Crippen LogP contribution in [0.15, 0.2) is 34.7 Å². The van der Waals surface area contributed by atoms with Crippen LogP contribution in [0.4, 0.5) is 5.69 Å². The van der Waals surface area contributed by atoms with Gasteiger partial charge < -0.3 is 15.4 Å². The predicted octanol–water partition coefficient (Wildman–Crippen LogP) is 2.20. The number of hydrogen-bond donors (Lipinski definition) is 2. The topological polar surface area (TPSA) is 119 Å².